The average Bonchev–Trinajstić information content (AvgIpc) is 2.15. The second kappa shape index (κ2) is 5.00. The smallest absolute Gasteiger partial charge is 0.0431 e. The van der Waals surface area contributed by atoms with Gasteiger partial charge in [0.2, 0.25) is 0 Å². The van der Waals surface area contributed by atoms with Crippen LogP contribution in [0.25, 0.3) is 0 Å². The maximum atomic E-state index is 8.68. The molecular weight excluding hydrogens is 162 g/mol. The minimum Gasteiger partial charge on any atom is -0.396 e. The predicted octanol–water partition coefficient (Wildman–Crippen LogP) is 1.77. The molecule has 0 radical (unpaired) electrons. The summed E-state index contributed by atoms with van der Waals surface area (Å²) in [4.78, 5) is 0. The fourth-order valence-corrected chi connectivity index (χ4v) is 1.47. The first-order chi connectivity index (χ1) is 6.25. The monoisotopic (exact) mass is 179 g/mol. The van der Waals surface area contributed by atoms with Gasteiger partial charge >= 0.3 is 0 Å². The number of hydrogen-bond donors (Lipinski definition) is 2. The molecule has 0 spiro atoms. The molecule has 0 unspecified atom stereocenters. The molecular formula is C11H17NO. The van der Waals surface area contributed by atoms with E-state index in [2.05, 4.69) is 19.1 Å². The topological polar surface area (TPSA) is 46.2 Å². The summed E-state index contributed by atoms with van der Waals surface area (Å²) < 4.78 is 0. The maximum Gasteiger partial charge on any atom is 0.0431 e. The lowest BCUT2D eigenvalue weighted by molar-refractivity contribution is 0.280. The highest BCUT2D eigenvalue weighted by Crippen LogP contribution is 2.18. The number of nitrogens with two attached hydrogens (primary N) is 1. The summed E-state index contributed by atoms with van der Waals surface area (Å²) >= 11 is 0. The molecule has 13 heavy (non-hydrogen) atoms. The molecule has 1 rings (SSSR count). The first-order valence-corrected chi connectivity index (χ1v) is 4.67. The number of aliphatic hydroxyl groups excluding tert-OH is 1. The van der Waals surface area contributed by atoms with Gasteiger partial charge in [-0.25, -0.2) is 0 Å². The molecule has 0 aliphatic carbocycles. The van der Waals surface area contributed by atoms with Gasteiger partial charge < -0.3 is 10.8 Å². The van der Waals surface area contributed by atoms with Gasteiger partial charge in [-0.1, -0.05) is 24.3 Å². The first-order valence-electron chi connectivity index (χ1n) is 4.67. The molecule has 1 aromatic carbocycles. The fourth-order valence-electron chi connectivity index (χ4n) is 1.47. The van der Waals surface area contributed by atoms with Crippen LogP contribution in [0, 0.1) is 6.92 Å². The van der Waals surface area contributed by atoms with E-state index in [9.17, 15) is 0 Å². The van der Waals surface area contributed by atoms with Gasteiger partial charge in [-0.15, -0.1) is 0 Å². The quantitative estimate of drug-likeness (QED) is 0.740. The van der Waals surface area contributed by atoms with Crippen molar-refractivity contribution < 1.29 is 5.11 Å². The molecule has 3 N–H and O–H groups in total. The van der Waals surface area contributed by atoms with Crippen LogP contribution in [0.4, 0.5) is 0 Å². The molecule has 0 bridgehead atoms. The zero-order valence-corrected chi connectivity index (χ0v) is 8.03. The van der Waals surface area contributed by atoms with E-state index in [0.29, 0.717) is 0 Å². The molecule has 2 nitrogen and oxygen atoms in total. The molecule has 0 aliphatic rings. The van der Waals surface area contributed by atoms with E-state index in [1.807, 2.05) is 12.1 Å². The van der Waals surface area contributed by atoms with Crippen molar-refractivity contribution in [2.75, 3.05) is 6.61 Å². The second-order valence-corrected chi connectivity index (χ2v) is 3.33. The first kappa shape index (κ1) is 10.2. The van der Waals surface area contributed by atoms with E-state index in [1.54, 1.807) is 0 Å². The van der Waals surface area contributed by atoms with Crippen LogP contribution < -0.4 is 5.73 Å². The third-order valence-corrected chi connectivity index (χ3v) is 2.26. The van der Waals surface area contributed by atoms with Gasteiger partial charge in [0.05, 0.1) is 0 Å². The molecule has 0 amide bonds. The Morgan fingerprint density at radius 3 is 2.69 bits per heavy atom. The average molecular weight is 179 g/mol. The van der Waals surface area contributed by atoms with E-state index in [0.717, 1.165) is 12.8 Å². The van der Waals surface area contributed by atoms with Crippen LogP contribution in [0.3, 0.4) is 0 Å². The minimum absolute atomic E-state index is 0.0633. The number of hydrogen-bond acceptors (Lipinski definition) is 2. The van der Waals surface area contributed by atoms with E-state index in [4.69, 9.17) is 10.8 Å². The van der Waals surface area contributed by atoms with E-state index < -0.39 is 0 Å². The van der Waals surface area contributed by atoms with Crippen molar-refractivity contribution in [1.29, 1.82) is 0 Å². The Morgan fingerprint density at radius 2 is 2.08 bits per heavy atom. The van der Waals surface area contributed by atoms with Gasteiger partial charge in [-0.3, -0.25) is 0 Å². The van der Waals surface area contributed by atoms with Crippen LogP contribution in [0.1, 0.15) is 30.0 Å². The molecule has 2 heteroatoms. The second-order valence-electron chi connectivity index (χ2n) is 3.33. The van der Waals surface area contributed by atoms with Gasteiger partial charge in [0.1, 0.15) is 0 Å². The largest absolute Gasteiger partial charge is 0.396 e. The van der Waals surface area contributed by atoms with Crippen molar-refractivity contribution in [3.63, 3.8) is 0 Å². The van der Waals surface area contributed by atoms with Crippen molar-refractivity contribution in [1.82, 2.24) is 0 Å². The normalized spacial score (nSPS) is 12.8. The van der Waals surface area contributed by atoms with Crippen LogP contribution in [-0.4, -0.2) is 11.7 Å². The van der Waals surface area contributed by atoms with Gasteiger partial charge in [0.25, 0.3) is 0 Å². The Balaban J connectivity index is 2.65. The van der Waals surface area contributed by atoms with Gasteiger partial charge in [-0.05, 0) is 30.9 Å². The zero-order valence-electron chi connectivity index (χ0n) is 8.03. The maximum absolute atomic E-state index is 8.68. The minimum atomic E-state index is 0.0633. The Labute approximate surface area is 79.4 Å². The van der Waals surface area contributed by atoms with Crippen LogP contribution in [0.2, 0.25) is 0 Å². The standard InChI is InChI=1S/C11H17NO/c1-9-5-2-3-6-10(9)11(12)7-4-8-13/h2-3,5-6,11,13H,4,7-8,12H2,1H3/t11-/m1/s1. The van der Waals surface area contributed by atoms with Crippen LogP contribution in [0.5, 0.6) is 0 Å². The van der Waals surface area contributed by atoms with E-state index >= 15 is 0 Å². The third kappa shape index (κ3) is 2.83. The summed E-state index contributed by atoms with van der Waals surface area (Å²) in [6, 6.07) is 8.19. The Kier molecular flexibility index (Phi) is 3.93. The number of aryl methyl sites for hydroxylation is 1. The molecule has 0 saturated heterocycles. The summed E-state index contributed by atoms with van der Waals surface area (Å²) in [7, 11) is 0. The predicted molar refractivity (Wildman–Crippen MR) is 54.4 cm³/mol. The lowest BCUT2D eigenvalue weighted by atomic mass is 9.99. The SMILES string of the molecule is Cc1ccccc1[C@H](N)CCCO. The van der Waals surface area contributed by atoms with Gasteiger partial charge in [0, 0.05) is 12.6 Å². The fraction of sp³-hybridized carbons (Fsp3) is 0.455. The lowest BCUT2D eigenvalue weighted by Crippen LogP contribution is -2.12. The van der Waals surface area contributed by atoms with Crippen LogP contribution in [0.15, 0.2) is 24.3 Å². The molecule has 0 aliphatic heterocycles. The summed E-state index contributed by atoms with van der Waals surface area (Å²) in [5, 5.41) is 8.68. The number of rotatable bonds is 4. The van der Waals surface area contributed by atoms with Gasteiger partial charge in [-0.2, -0.15) is 0 Å². The Bertz CT molecular complexity index is 260. The third-order valence-electron chi connectivity index (χ3n) is 2.26. The van der Waals surface area contributed by atoms with Crippen molar-refractivity contribution in [3.05, 3.63) is 35.4 Å². The molecule has 0 saturated carbocycles. The molecule has 0 heterocycles. The summed E-state index contributed by atoms with van der Waals surface area (Å²) in [5.74, 6) is 0. The Hall–Kier alpha value is -0.860. The highest BCUT2D eigenvalue weighted by molar-refractivity contribution is 5.28. The summed E-state index contributed by atoms with van der Waals surface area (Å²) in [6.45, 7) is 2.29. The van der Waals surface area contributed by atoms with Crippen molar-refractivity contribution in [2.45, 2.75) is 25.8 Å². The Morgan fingerprint density at radius 1 is 1.38 bits per heavy atom. The van der Waals surface area contributed by atoms with Crippen molar-refractivity contribution in [3.8, 4) is 0 Å². The van der Waals surface area contributed by atoms with Crippen molar-refractivity contribution in [2.24, 2.45) is 5.73 Å². The van der Waals surface area contributed by atoms with E-state index in [-0.39, 0.29) is 12.6 Å². The van der Waals surface area contributed by atoms with Crippen molar-refractivity contribution >= 4 is 0 Å². The molecule has 72 valence electrons. The lowest BCUT2D eigenvalue weighted by Gasteiger charge is -2.13. The molecule has 0 aromatic heterocycles. The molecule has 0 fully saturated rings. The van der Waals surface area contributed by atoms with E-state index in [1.165, 1.54) is 11.1 Å². The summed E-state index contributed by atoms with van der Waals surface area (Å²) in [5.41, 5.74) is 8.39. The highest BCUT2D eigenvalue weighted by atomic mass is 16.2. The highest BCUT2D eigenvalue weighted by Gasteiger charge is 2.06. The van der Waals surface area contributed by atoms with Gasteiger partial charge in [0.15, 0.2) is 0 Å². The summed E-state index contributed by atoms with van der Waals surface area (Å²) in [6.07, 6.45) is 1.62. The number of aliphatic hydroxyl groups is 1. The van der Waals surface area contributed by atoms with Crippen LogP contribution in [-0.2, 0) is 0 Å². The van der Waals surface area contributed by atoms with Crippen LogP contribution >= 0.6 is 0 Å². The molecule has 1 aromatic rings. The zero-order chi connectivity index (χ0) is 9.68. The molecule has 1 atom stereocenters. The number of benzene rings is 1.